The highest BCUT2D eigenvalue weighted by atomic mass is 19.1. The Morgan fingerprint density at radius 3 is 2.61 bits per heavy atom. The lowest BCUT2D eigenvalue weighted by Gasteiger charge is -2.29. The number of hydrogen-bond acceptors (Lipinski definition) is 7. The first-order chi connectivity index (χ1) is 19.7. The number of benzene rings is 2. The fourth-order valence-corrected chi connectivity index (χ4v) is 5.43. The van der Waals surface area contributed by atoms with Crippen LogP contribution in [-0.4, -0.2) is 35.7 Å². The van der Waals surface area contributed by atoms with Crippen LogP contribution in [-0.2, 0) is 11.1 Å². The first kappa shape index (κ1) is 27.1. The summed E-state index contributed by atoms with van der Waals surface area (Å²) in [5.41, 5.74) is 9.31. The maximum atomic E-state index is 13.7. The lowest BCUT2D eigenvalue weighted by molar-refractivity contribution is -0.00116. The van der Waals surface area contributed by atoms with E-state index in [1.807, 2.05) is 0 Å². The molecule has 2 saturated carbocycles. The molecule has 2 heterocycles. The number of hydrogen-bond donors (Lipinski definition) is 1. The largest absolute Gasteiger partial charge is 0.493 e. The van der Waals surface area contributed by atoms with Crippen molar-refractivity contribution in [2.45, 2.75) is 62.7 Å². The Labute approximate surface area is 236 Å². The smallest absolute Gasteiger partial charge is 0.163 e. The van der Waals surface area contributed by atoms with Crippen molar-refractivity contribution in [1.29, 1.82) is 0 Å². The molecule has 2 aromatic carbocycles. The van der Waals surface area contributed by atoms with E-state index in [4.69, 9.17) is 19.2 Å². The Morgan fingerprint density at radius 2 is 1.95 bits per heavy atom. The number of halogens is 1. The van der Waals surface area contributed by atoms with E-state index in [0.717, 1.165) is 25.7 Å². The SMILES string of the molecule is COc1cc(C(=O)CC[C@](O)(c2cc3c(c(-c4ccc(F)cc4)n2)OC[C@]3(C)N=[N+]=[N-])C2CC2)ccc1OC1CC1. The quantitative estimate of drug-likeness (QED) is 0.122. The average Bonchev–Trinajstić information content (AvgIpc) is 3.91. The Morgan fingerprint density at radius 1 is 1.20 bits per heavy atom. The molecular weight excluding hydrogens is 527 g/mol. The van der Waals surface area contributed by atoms with Crippen molar-refractivity contribution < 1.29 is 28.5 Å². The number of pyridine rings is 1. The van der Waals surface area contributed by atoms with Gasteiger partial charge in [-0.2, -0.15) is 0 Å². The second kappa shape index (κ2) is 10.4. The first-order valence-corrected chi connectivity index (χ1v) is 13.9. The van der Waals surface area contributed by atoms with Crippen LogP contribution in [0.3, 0.4) is 0 Å². The molecule has 0 amide bonds. The Balaban J connectivity index is 1.34. The minimum Gasteiger partial charge on any atom is -0.493 e. The van der Waals surface area contributed by atoms with Gasteiger partial charge >= 0.3 is 0 Å². The third-order valence-corrected chi connectivity index (χ3v) is 8.17. The van der Waals surface area contributed by atoms with Crippen molar-refractivity contribution in [2.24, 2.45) is 11.0 Å². The number of aliphatic hydroxyl groups is 1. The van der Waals surface area contributed by atoms with Crippen molar-refractivity contribution in [1.82, 2.24) is 4.98 Å². The first-order valence-electron chi connectivity index (χ1n) is 13.9. The van der Waals surface area contributed by atoms with Gasteiger partial charge in [0.15, 0.2) is 17.3 Å². The van der Waals surface area contributed by atoms with E-state index in [9.17, 15) is 19.8 Å². The average molecular weight is 559 g/mol. The number of carbonyl (C=O) groups is 1. The summed E-state index contributed by atoms with van der Waals surface area (Å²) in [4.78, 5) is 21.2. The number of azide groups is 1. The van der Waals surface area contributed by atoms with E-state index < -0.39 is 17.0 Å². The van der Waals surface area contributed by atoms with Gasteiger partial charge in [-0.3, -0.25) is 4.79 Å². The van der Waals surface area contributed by atoms with Crippen LogP contribution in [0.5, 0.6) is 17.2 Å². The molecule has 1 N–H and O–H groups in total. The molecular formula is C31H31FN4O5. The van der Waals surface area contributed by atoms with Gasteiger partial charge in [0, 0.05) is 28.0 Å². The number of ketones is 1. The van der Waals surface area contributed by atoms with Crippen molar-refractivity contribution in [2.75, 3.05) is 13.7 Å². The molecule has 6 rings (SSSR count). The highest BCUT2D eigenvalue weighted by Crippen LogP contribution is 2.52. The molecule has 9 nitrogen and oxygen atoms in total. The number of Topliss-reactive ketones (excluding diaryl/α,β-unsaturated/α-hetero) is 1. The minimum atomic E-state index is -1.40. The molecule has 0 bridgehead atoms. The molecule has 0 unspecified atom stereocenters. The second-order valence-electron chi connectivity index (χ2n) is 11.3. The third-order valence-electron chi connectivity index (χ3n) is 8.17. The molecule has 0 radical (unpaired) electrons. The normalized spacial score (nSPS) is 20.8. The molecule has 41 heavy (non-hydrogen) atoms. The van der Waals surface area contributed by atoms with Gasteiger partial charge in [0.25, 0.3) is 0 Å². The van der Waals surface area contributed by atoms with E-state index in [2.05, 4.69) is 10.0 Å². The topological polar surface area (TPSA) is 127 Å². The minimum absolute atomic E-state index is 0.0771. The summed E-state index contributed by atoms with van der Waals surface area (Å²) >= 11 is 0. The fourth-order valence-electron chi connectivity index (χ4n) is 5.43. The van der Waals surface area contributed by atoms with Gasteiger partial charge in [-0.25, -0.2) is 9.37 Å². The summed E-state index contributed by atoms with van der Waals surface area (Å²) in [6.07, 6.45) is 4.03. The maximum absolute atomic E-state index is 13.7. The molecule has 10 heteroatoms. The van der Waals surface area contributed by atoms with Gasteiger partial charge in [0.05, 0.1) is 18.9 Å². The van der Waals surface area contributed by atoms with Crippen LogP contribution in [0.4, 0.5) is 4.39 Å². The molecule has 2 fully saturated rings. The zero-order valence-corrected chi connectivity index (χ0v) is 23.0. The van der Waals surface area contributed by atoms with E-state index in [1.54, 1.807) is 50.4 Å². The molecule has 0 spiro atoms. The molecule has 3 aliphatic rings. The van der Waals surface area contributed by atoms with Gasteiger partial charge in [-0.1, -0.05) is 5.11 Å². The standard InChI is InChI=1S/C31H31FN4O5/c1-30(35-36-33)17-40-29-23(30)16-27(34-28(29)18-3-8-21(32)9-4-18)31(38,20-6-7-20)14-13-24(37)19-5-12-25(26(15-19)39-2)41-22-10-11-22/h3-5,8-9,12,15-16,20,22,38H,6-7,10-11,13-14,17H2,1-2H3/t30-,31+/m0/s1. The molecule has 1 aliphatic heterocycles. The van der Waals surface area contributed by atoms with E-state index in [1.165, 1.54) is 12.1 Å². The van der Waals surface area contributed by atoms with Gasteiger partial charge in [0.2, 0.25) is 0 Å². The number of aromatic nitrogens is 1. The summed E-state index contributed by atoms with van der Waals surface area (Å²) in [6, 6.07) is 12.7. The predicted octanol–water partition coefficient (Wildman–Crippen LogP) is 6.62. The molecule has 3 aromatic rings. The fraction of sp³-hybridized carbons (Fsp3) is 0.419. The highest BCUT2D eigenvalue weighted by Gasteiger charge is 2.48. The van der Waals surface area contributed by atoms with Crippen LogP contribution < -0.4 is 14.2 Å². The molecule has 2 atom stereocenters. The number of carbonyl (C=O) groups excluding carboxylic acids is 1. The van der Waals surface area contributed by atoms with Crippen molar-refractivity contribution >= 4 is 5.78 Å². The van der Waals surface area contributed by atoms with Crippen molar-refractivity contribution in [3.8, 4) is 28.5 Å². The summed E-state index contributed by atoms with van der Waals surface area (Å²) in [7, 11) is 1.54. The van der Waals surface area contributed by atoms with Gasteiger partial charge < -0.3 is 19.3 Å². The van der Waals surface area contributed by atoms with Crippen LogP contribution in [0.15, 0.2) is 53.6 Å². The van der Waals surface area contributed by atoms with Gasteiger partial charge in [-0.05, 0) is 99.0 Å². The molecule has 0 saturated heterocycles. The Kier molecular flexibility index (Phi) is 6.83. The zero-order chi connectivity index (χ0) is 28.8. The maximum Gasteiger partial charge on any atom is 0.163 e. The second-order valence-corrected chi connectivity index (χ2v) is 11.3. The summed E-state index contributed by atoms with van der Waals surface area (Å²) in [5, 5.41) is 16.2. The van der Waals surface area contributed by atoms with Crippen LogP contribution in [0.25, 0.3) is 21.7 Å². The molecule has 2 aliphatic carbocycles. The lowest BCUT2D eigenvalue weighted by atomic mass is 9.83. The highest BCUT2D eigenvalue weighted by molar-refractivity contribution is 5.96. The van der Waals surface area contributed by atoms with Crippen LogP contribution in [0.2, 0.25) is 0 Å². The zero-order valence-electron chi connectivity index (χ0n) is 23.0. The van der Waals surface area contributed by atoms with Crippen molar-refractivity contribution in [3.63, 3.8) is 0 Å². The number of rotatable bonds is 11. The number of nitrogens with zero attached hydrogens (tertiary/aromatic N) is 4. The van der Waals surface area contributed by atoms with Crippen molar-refractivity contribution in [3.05, 3.63) is 81.6 Å². The predicted molar refractivity (Wildman–Crippen MR) is 148 cm³/mol. The van der Waals surface area contributed by atoms with Gasteiger partial charge in [0.1, 0.15) is 35.0 Å². The lowest BCUT2D eigenvalue weighted by Crippen LogP contribution is -2.31. The Hall–Kier alpha value is -4.14. The number of ether oxygens (including phenoxy) is 3. The molecule has 212 valence electrons. The number of methoxy groups -OCH3 is 1. The van der Waals surface area contributed by atoms with E-state index >= 15 is 0 Å². The summed E-state index contributed by atoms with van der Waals surface area (Å²) < 4.78 is 31.0. The van der Waals surface area contributed by atoms with E-state index in [-0.39, 0.29) is 37.3 Å². The van der Waals surface area contributed by atoms with Gasteiger partial charge in [-0.15, -0.1) is 0 Å². The number of fused-ring (bicyclic) bond motifs is 1. The van der Waals surface area contributed by atoms with E-state index in [0.29, 0.717) is 45.3 Å². The Bertz CT molecular complexity index is 1550. The summed E-state index contributed by atoms with van der Waals surface area (Å²) in [5.74, 6) is 0.938. The molecule has 1 aromatic heterocycles. The van der Waals surface area contributed by atoms with Crippen LogP contribution >= 0.6 is 0 Å². The van der Waals surface area contributed by atoms with Crippen LogP contribution in [0.1, 0.15) is 67.1 Å². The monoisotopic (exact) mass is 558 g/mol. The third kappa shape index (κ3) is 5.21. The summed E-state index contributed by atoms with van der Waals surface area (Å²) in [6.45, 7) is 1.87. The van der Waals surface area contributed by atoms with Crippen LogP contribution in [0, 0.1) is 11.7 Å².